The summed E-state index contributed by atoms with van der Waals surface area (Å²) in [6.07, 6.45) is 1.19. The molecule has 0 fully saturated rings. The van der Waals surface area contributed by atoms with Gasteiger partial charge in [0.05, 0.1) is 12.7 Å². The zero-order valence-corrected chi connectivity index (χ0v) is 9.76. The van der Waals surface area contributed by atoms with Crippen molar-refractivity contribution in [2.24, 2.45) is 0 Å². The maximum atomic E-state index is 11.5. The average Bonchev–Trinajstić information content (AvgIpc) is 2.28. The van der Waals surface area contributed by atoms with Crippen molar-refractivity contribution in [1.29, 1.82) is 0 Å². The van der Waals surface area contributed by atoms with E-state index in [1.807, 2.05) is 0 Å². The first-order valence-electron chi connectivity index (χ1n) is 4.85. The van der Waals surface area contributed by atoms with Crippen LogP contribution in [-0.4, -0.2) is 47.9 Å². The highest BCUT2D eigenvalue weighted by molar-refractivity contribution is 5.95. The minimum Gasteiger partial charge on any atom is -0.497 e. The van der Waals surface area contributed by atoms with Gasteiger partial charge >= 0.3 is 5.97 Å². The lowest BCUT2D eigenvalue weighted by Crippen LogP contribution is -2.52. The van der Waals surface area contributed by atoms with Crippen molar-refractivity contribution in [3.05, 3.63) is 23.5 Å². The molecule has 6 nitrogen and oxygen atoms in total. The quantitative estimate of drug-likeness (QED) is 0.713. The van der Waals surface area contributed by atoms with Crippen LogP contribution in [-0.2, 0) is 19.1 Å². The van der Waals surface area contributed by atoms with E-state index in [2.05, 4.69) is 0 Å². The van der Waals surface area contributed by atoms with Gasteiger partial charge in [-0.15, -0.1) is 0 Å². The Kier molecular flexibility index (Phi) is 3.69. The fourth-order valence-corrected chi connectivity index (χ4v) is 1.68. The molecule has 0 aromatic carbocycles. The fourth-order valence-electron chi connectivity index (χ4n) is 1.68. The Hall–Kier alpha value is -1.66. The average molecular weight is 242 g/mol. The molecule has 2 N–H and O–H groups in total. The zero-order chi connectivity index (χ0) is 13.2. The van der Waals surface area contributed by atoms with Gasteiger partial charge < -0.3 is 19.7 Å². The molecule has 17 heavy (non-hydrogen) atoms. The molecule has 0 heterocycles. The number of methoxy groups -OCH3 is 2. The highest BCUT2D eigenvalue weighted by Crippen LogP contribution is 2.31. The van der Waals surface area contributed by atoms with Crippen LogP contribution in [0.5, 0.6) is 0 Å². The Morgan fingerprint density at radius 1 is 1.41 bits per heavy atom. The second-order valence-electron chi connectivity index (χ2n) is 3.62. The van der Waals surface area contributed by atoms with Crippen molar-refractivity contribution >= 4 is 11.8 Å². The normalized spacial score (nSPS) is 28.1. The summed E-state index contributed by atoms with van der Waals surface area (Å²) in [5, 5.41) is 19.1. The Morgan fingerprint density at radius 2 is 2.00 bits per heavy atom. The van der Waals surface area contributed by atoms with E-state index in [1.165, 1.54) is 27.2 Å². The Labute approximate surface area is 98.1 Å². The summed E-state index contributed by atoms with van der Waals surface area (Å²) in [6.45, 7) is 1.18. The molecule has 0 amide bonds. The first kappa shape index (κ1) is 13.4. The number of carboxylic acids is 1. The van der Waals surface area contributed by atoms with Crippen molar-refractivity contribution in [1.82, 2.24) is 0 Å². The van der Waals surface area contributed by atoms with Crippen molar-refractivity contribution in [2.45, 2.75) is 18.6 Å². The molecule has 1 aliphatic rings. The third-order valence-corrected chi connectivity index (χ3v) is 2.66. The molecule has 0 radical (unpaired) electrons. The van der Waals surface area contributed by atoms with E-state index in [0.717, 1.165) is 6.08 Å². The molecule has 0 spiro atoms. The van der Waals surface area contributed by atoms with Gasteiger partial charge in [0.25, 0.3) is 0 Å². The Balaban J connectivity index is 3.32. The summed E-state index contributed by atoms with van der Waals surface area (Å²) in [4.78, 5) is 22.4. The van der Waals surface area contributed by atoms with E-state index >= 15 is 0 Å². The largest absolute Gasteiger partial charge is 0.497 e. The van der Waals surface area contributed by atoms with Gasteiger partial charge in [0.2, 0.25) is 5.60 Å². The SMILES string of the molecule is COC1=CC(C(=O)O)=CC(OC)C1(O)C(C)=O. The molecule has 1 aliphatic carbocycles. The lowest BCUT2D eigenvalue weighted by Gasteiger charge is -2.34. The van der Waals surface area contributed by atoms with Gasteiger partial charge in [-0.3, -0.25) is 4.79 Å². The molecule has 6 heteroatoms. The minimum absolute atomic E-state index is 0.0976. The highest BCUT2D eigenvalue weighted by atomic mass is 16.5. The number of hydrogen-bond donors (Lipinski definition) is 2. The Morgan fingerprint density at radius 3 is 2.35 bits per heavy atom. The molecular weight excluding hydrogens is 228 g/mol. The van der Waals surface area contributed by atoms with Crippen LogP contribution in [0, 0.1) is 0 Å². The summed E-state index contributed by atoms with van der Waals surface area (Å²) in [5.41, 5.74) is -2.08. The first-order chi connectivity index (χ1) is 7.87. The van der Waals surface area contributed by atoms with Crippen LogP contribution >= 0.6 is 0 Å². The predicted molar refractivity (Wildman–Crippen MR) is 57.2 cm³/mol. The lowest BCUT2D eigenvalue weighted by molar-refractivity contribution is -0.147. The van der Waals surface area contributed by atoms with E-state index in [0.29, 0.717) is 0 Å². The number of carboxylic acid groups (broad SMARTS) is 1. The summed E-state index contributed by atoms with van der Waals surface area (Å²) in [5.74, 6) is -1.91. The van der Waals surface area contributed by atoms with E-state index in [1.54, 1.807) is 0 Å². The zero-order valence-electron chi connectivity index (χ0n) is 9.76. The number of Topliss-reactive ketones (excluding diaryl/α,β-unsaturated/α-hetero) is 1. The number of carbonyl (C=O) groups is 2. The van der Waals surface area contributed by atoms with Crippen molar-refractivity contribution in [2.75, 3.05) is 14.2 Å². The van der Waals surface area contributed by atoms with Gasteiger partial charge in [0.1, 0.15) is 11.9 Å². The Bertz CT molecular complexity index is 408. The lowest BCUT2D eigenvalue weighted by atomic mass is 9.84. The number of aliphatic hydroxyl groups is 1. The number of rotatable bonds is 4. The van der Waals surface area contributed by atoms with Gasteiger partial charge in [-0.2, -0.15) is 0 Å². The molecule has 0 saturated carbocycles. The topological polar surface area (TPSA) is 93.1 Å². The van der Waals surface area contributed by atoms with Gasteiger partial charge in [0.15, 0.2) is 5.78 Å². The van der Waals surface area contributed by atoms with Gasteiger partial charge in [-0.25, -0.2) is 4.79 Å². The van der Waals surface area contributed by atoms with Crippen LogP contribution in [0.2, 0.25) is 0 Å². The van der Waals surface area contributed by atoms with E-state index in [-0.39, 0.29) is 11.3 Å². The molecule has 2 atom stereocenters. The minimum atomic E-state index is -1.98. The molecule has 0 aromatic heterocycles. The second-order valence-corrected chi connectivity index (χ2v) is 3.62. The summed E-state index contributed by atoms with van der Waals surface area (Å²) < 4.78 is 9.84. The smallest absolute Gasteiger partial charge is 0.335 e. The molecule has 1 rings (SSSR count). The van der Waals surface area contributed by atoms with Gasteiger partial charge in [0, 0.05) is 7.11 Å². The van der Waals surface area contributed by atoms with Crippen molar-refractivity contribution < 1.29 is 29.3 Å². The van der Waals surface area contributed by atoms with Crippen LogP contribution in [0.3, 0.4) is 0 Å². The van der Waals surface area contributed by atoms with Crippen LogP contribution < -0.4 is 0 Å². The summed E-state index contributed by atoms with van der Waals surface area (Å²) in [6, 6.07) is 0. The van der Waals surface area contributed by atoms with E-state index < -0.39 is 23.5 Å². The summed E-state index contributed by atoms with van der Waals surface area (Å²) >= 11 is 0. The number of carbonyl (C=O) groups excluding carboxylic acids is 1. The standard InChI is InChI=1S/C11H14O6/c1-6(12)11(15)8(16-2)4-7(10(13)14)5-9(11)17-3/h4-5,8,15H,1-3H3,(H,13,14). The van der Waals surface area contributed by atoms with E-state index in [9.17, 15) is 14.7 Å². The van der Waals surface area contributed by atoms with Crippen molar-refractivity contribution in [3.8, 4) is 0 Å². The van der Waals surface area contributed by atoms with Gasteiger partial charge in [-0.1, -0.05) is 0 Å². The number of aliphatic carboxylic acids is 1. The van der Waals surface area contributed by atoms with Crippen LogP contribution in [0.25, 0.3) is 0 Å². The predicted octanol–water partition coefficient (Wildman–Crippen LogP) is -0.124. The number of ether oxygens (including phenoxy) is 2. The maximum Gasteiger partial charge on any atom is 0.335 e. The molecule has 94 valence electrons. The molecule has 0 aliphatic heterocycles. The first-order valence-corrected chi connectivity index (χ1v) is 4.85. The monoisotopic (exact) mass is 242 g/mol. The van der Waals surface area contributed by atoms with Crippen LogP contribution in [0.4, 0.5) is 0 Å². The second kappa shape index (κ2) is 4.68. The van der Waals surface area contributed by atoms with E-state index in [4.69, 9.17) is 14.6 Å². The highest BCUT2D eigenvalue weighted by Gasteiger charge is 2.48. The molecule has 2 unspecified atom stereocenters. The van der Waals surface area contributed by atoms with Crippen LogP contribution in [0.15, 0.2) is 23.5 Å². The fraction of sp³-hybridized carbons (Fsp3) is 0.455. The third-order valence-electron chi connectivity index (χ3n) is 2.66. The maximum absolute atomic E-state index is 11.5. The number of ketones is 1. The molecule has 0 aromatic rings. The molecule has 0 bridgehead atoms. The third kappa shape index (κ3) is 2.09. The number of hydrogen-bond acceptors (Lipinski definition) is 5. The van der Waals surface area contributed by atoms with Crippen molar-refractivity contribution in [3.63, 3.8) is 0 Å². The van der Waals surface area contributed by atoms with Gasteiger partial charge in [-0.05, 0) is 19.1 Å². The van der Waals surface area contributed by atoms with Crippen LogP contribution in [0.1, 0.15) is 6.92 Å². The molecule has 0 saturated heterocycles. The molecular formula is C11H14O6. The summed E-state index contributed by atoms with van der Waals surface area (Å²) in [7, 11) is 2.52.